The Balaban J connectivity index is 2.89. The van der Waals surface area contributed by atoms with E-state index in [1.54, 1.807) is 6.20 Å². The first-order valence-corrected chi connectivity index (χ1v) is 8.35. The van der Waals surface area contributed by atoms with Gasteiger partial charge in [-0.25, -0.2) is 0 Å². The average Bonchev–Trinajstić information content (AvgIpc) is 2.70. The summed E-state index contributed by atoms with van der Waals surface area (Å²) in [6.45, 7) is 5.73. The van der Waals surface area contributed by atoms with E-state index in [-0.39, 0.29) is 4.48 Å². The van der Waals surface area contributed by atoms with Gasteiger partial charge in [0.2, 0.25) is 0 Å². The van der Waals surface area contributed by atoms with Gasteiger partial charge in [0.05, 0.1) is 5.02 Å². The zero-order valence-electron chi connectivity index (χ0n) is 11.4. The van der Waals surface area contributed by atoms with Crippen LogP contribution in [0, 0.1) is 0 Å². The minimum absolute atomic E-state index is 0.254. The molecule has 1 atom stereocenters. The molecule has 20 heavy (non-hydrogen) atoms. The quantitative estimate of drug-likeness (QED) is 0.459. The summed E-state index contributed by atoms with van der Waals surface area (Å²) in [4.78, 5) is 12.0. The molecule has 1 aromatic rings. The van der Waals surface area contributed by atoms with E-state index in [1.807, 2.05) is 32.9 Å². The van der Waals surface area contributed by atoms with Crippen molar-refractivity contribution in [3.8, 4) is 0 Å². The summed E-state index contributed by atoms with van der Waals surface area (Å²) in [5.74, 6) is 0. The topological polar surface area (TPSA) is 37.3 Å². The van der Waals surface area contributed by atoms with Crippen LogP contribution in [0.2, 0.25) is 5.02 Å². The largest absolute Gasteiger partial charge is 0.523 e. The SMILES string of the molecule is CC(C)(C)[N+]1(C(=O)O)C=Cc2cc(Br)c(Cl)c(CBr)c21. The highest BCUT2D eigenvalue weighted by Crippen LogP contribution is 2.49. The smallest absolute Gasteiger partial charge is 0.435 e. The molecule has 1 N–H and O–H groups in total. The minimum atomic E-state index is -0.909. The van der Waals surface area contributed by atoms with Crippen molar-refractivity contribution in [1.29, 1.82) is 0 Å². The lowest BCUT2D eigenvalue weighted by Crippen LogP contribution is -2.60. The lowest BCUT2D eigenvalue weighted by molar-refractivity contribution is 0.132. The van der Waals surface area contributed by atoms with Crippen LogP contribution in [0.1, 0.15) is 31.9 Å². The van der Waals surface area contributed by atoms with E-state index in [9.17, 15) is 9.90 Å². The molecule has 1 heterocycles. The van der Waals surface area contributed by atoms with E-state index in [1.165, 1.54) is 0 Å². The lowest BCUT2D eigenvalue weighted by atomic mass is 9.99. The highest BCUT2D eigenvalue weighted by atomic mass is 79.9. The highest BCUT2D eigenvalue weighted by molar-refractivity contribution is 9.10. The number of quaternary nitrogens is 1. The summed E-state index contributed by atoms with van der Waals surface area (Å²) >= 11 is 13.2. The zero-order chi connectivity index (χ0) is 15.3. The Bertz CT molecular complexity index is 623. The molecule has 1 aliphatic heterocycles. The van der Waals surface area contributed by atoms with Crippen molar-refractivity contribution < 1.29 is 9.90 Å². The fraction of sp³-hybridized carbons (Fsp3) is 0.357. The fourth-order valence-corrected chi connectivity index (χ4v) is 4.03. The second kappa shape index (κ2) is 5.13. The van der Waals surface area contributed by atoms with Gasteiger partial charge in [-0.1, -0.05) is 27.5 Å². The van der Waals surface area contributed by atoms with Gasteiger partial charge in [-0.2, -0.15) is 9.28 Å². The predicted octanol–water partition coefficient (Wildman–Crippen LogP) is 5.77. The Morgan fingerprint density at radius 2 is 2.05 bits per heavy atom. The second-order valence-corrected chi connectivity index (χ2v) is 7.51. The van der Waals surface area contributed by atoms with Gasteiger partial charge in [0, 0.05) is 27.0 Å². The van der Waals surface area contributed by atoms with Gasteiger partial charge in [-0.15, -0.1) is 0 Å². The normalized spacial score (nSPS) is 21.1. The van der Waals surface area contributed by atoms with Crippen molar-refractivity contribution in [3.63, 3.8) is 0 Å². The minimum Gasteiger partial charge on any atom is -0.435 e. The number of hydrogen-bond acceptors (Lipinski definition) is 1. The zero-order valence-corrected chi connectivity index (χ0v) is 15.3. The third-order valence-electron chi connectivity index (χ3n) is 3.64. The van der Waals surface area contributed by atoms with Crippen LogP contribution in [0.25, 0.3) is 6.08 Å². The summed E-state index contributed by atoms with van der Waals surface area (Å²) in [6, 6.07) is 1.87. The number of hydrogen-bond donors (Lipinski definition) is 1. The standard InChI is InChI=1S/C14H14Br2ClNO2/c1-14(2,3)18(13(19)20)5-4-8-6-10(16)11(17)9(7-15)12(8)18/h4-6H,7H2,1-3H3/p+1. The number of nitrogens with zero attached hydrogens (tertiary/aromatic N) is 1. The molecular formula is C14H15Br2ClNO2+. The van der Waals surface area contributed by atoms with Gasteiger partial charge in [0.15, 0.2) is 5.69 Å². The van der Waals surface area contributed by atoms with Crippen molar-refractivity contribution in [2.75, 3.05) is 0 Å². The predicted molar refractivity (Wildman–Crippen MR) is 90.4 cm³/mol. The third kappa shape index (κ3) is 2.06. The van der Waals surface area contributed by atoms with E-state index >= 15 is 0 Å². The molecule has 0 spiro atoms. The first-order valence-electron chi connectivity index (χ1n) is 6.05. The molecule has 6 heteroatoms. The van der Waals surface area contributed by atoms with Crippen LogP contribution in [-0.2, 0) is 5.33 Å². The fourth-order valence-electron chi connectivity index (χ4n) is 2.63. The summed E-state index contributed by atoms with van der Waals surface area (Å²) < 4.78 is 0.521. The molecule has 0 aromatic heterocycles. The molecule has 1 aliphatic rings. The Labute approximate surface area is 140 Å². The van der Waals surface area contributed by atoms with Gasteiger partial charge >= 0.3 is 6.09 Å². The molecular weight excluding hydrogens is 409 g/mol. The van der Waals surface area contributed by atoms with Crippen molar-refractivity contribution in [1.82, 2.24) is 4.48 Å². The molecule has 1 unspecified atom stereocenters. The Kier molecular flexibility index (Phi) is 4.11. The summed E-state index contributed by atoms with van der Waals surface area (Å²) in [5, 5.41) is 10.9. The molecule has 108 valence electrons. The number of halogens is 3. The summed E-state index contributed by atoms with van der Waals surface area (Å²) in [6.07, 6.45) is 2.66. The molecule has 1 aromatic carbocycles. The van der Waals surface area contributed by atoms with Crippen LogP contribution in [0.5, 0.6) is 0 Å². The number of benzene rings is 1. The second-order valence-electron chi connectivity index (χ2n) is 5.71. The van der Waals surface area contributed by atoms with Crippen LogP contribution < -0.4 is 4.48 Å². The van der Waals surface area contributed by atoms with Crippen molar-refractivity contribution >= 4 is 61.3 Å². The van der Waals surface area contributed by atoms with Crippen LogP contribution in [0.3, 0.4) is 0 Å². The molecule has 0 radical (unpaired) electrons. The van der Waals surface area contributed by atoms with Crippen molar-refractivity contribution in [2.24, 2.45) is 0 Å². The van der Waals surface area contributed by atoms with Crippen LogP contribution >= 0.6 is 43.5 Å². The van der Waals surface area contributed by atoms with Crippen LogP contribution in [0.4, 0.5) is 10.5 Å². The maximum Gasteiger partial charge on any atom is 0.523 e. The number of rotatable bonds is 1. The number of carbonyl (C=O) groups is 1. The Morgan fingerprint density at radius 3 is 2.50 bits per heavy atom. The number of fused-ring (bicyclic) bond motifs is 1. The van der Waals surface area contributed by atoms with Gasteiger partial charge < -0.3 is 5.11 Å². The number of amides is 1. The van der Waals surface area contributed by atoms with Crippen molar-refractivity contribution in [2.45, 2.75) is 31.6 Å². The molecule has 0 fully saturated rings. The van der Waals surface area contributed by atoms with E-state index in [4.69, 9.17) is 11.6 Å². The first kappa shape index (κ1) is 16.0. The molecule has 0 bridgehead atoms. The molecule has 2 rings (SSSR count). The third-order valence-corrected chi connectivity index (χ3v) is 5.49. The van der Waals surface area contributed by atoms with Gasteiger partial charge in [-0.3, -0.25) is 0 Å². The van der Waals surface area contributed by atoms with E-state index in [2.05, 4.69) is 31.9 Å². The highest BCUT2D eigenvalue weighted by Gasteiger charge is 2.53. The molecule has 0 saturated carbocycles. The molecule has 0 aliphatic carbocycles. The number of carboxylic acid groups (broad SMARTS) is 1. The molecule has 1 amide bonds. The number of alkyl halides is 1. The van der Waals surface area contributed by atoms with E-state index < -0.39 is 11.6 Å². The molecule has 0 saturated heterocycles. The molecule has 3 nitrogen and oxygen atoms in total. The van der Waals surface area contributed by atoms with Crippen molar-refractivity contribution in [3.05, 3.63) is 32.9 Å². The maximum absolute atomic E-state index is 12.0. The Morgan fingerprint density at radius 1 is 1.45 bits per heavy atom. The van der Waals surface area contributed by atoms with E-state index in [0.29, 0.717) is 10.4 Å². The first-order chi connectivity index (χ1) is 9.16. The van der Waals surface area contributed by atoms with Gasteiger partial charge in [0.1, 0.15) is 11.7 Å². The maximum atomic E-state index is 12.0. The van der Waals surface area contributed by atoms with E-state index in [0.717, 1.165) is 21.3 Å². The average molecular weight is 425 g/mol. The summed E-state index contributed by atoms with van der Waals surface area (Å²) in [5.41, 5.74) is 1.89. The Hall–Kier alpha value is -0.360. The van der Waals surface area contributed by atoms with Crippen LogP contribution in [0.15, 0.2) is 16.7 Å². The monoisotopic (exact) mass is 422 g/mol. The summed E-state index contributed by atoms with van der Waals surface area (Å²) in [7, 11) is 0. The van der Waals surface area contributed by atoms with Gasteiger partial charge in [0.25, 0.3) is 0 Å². The van der Waals surface area contributed by atoms with Crippen LogP contribution in [-0.4, -0.2) is 16.7 Å². The van der Waals surface area contributed by atoms with Gasteiger partial charge in [-0.05, 0) is 42.8 Å². The lowest BCUT2D eigenvalue weighted by Gasteiger charge is -2.39.